The Balaban J connectivity index is 1.32. The third kappa shape index (κ3) is 6.14. The van der Waals surface area contributed by atoms with Crippen LogP contribution in [-0.4, -0.2) is 5.97 Å². The van der Waals surface area contributed by atoms with E-state index in [0.717, 1.165) is 17.0 Å². The second-order valence-corrected chi connectivity index (χ2v) is 9.44. The van der Waals surface area contributed by atoms with Crippen LogP contribution in [0.3, 0.4) is 0 Å². The fourth-order valence-corrected chi connectivity index (χ4v) is 4.98. The van der Waals surface area contributed by atoms with Crippen molar-refractivity contribution < 1.29 is 9.53 Å². The molecule has 3 heteroatoms. The second kappa shape index (κ2) is 11.7. The third-order valence-corrected chi connectivity index (χ3v) is 7.09. The maximum atomic E-state index is 12.4. The van der Waals surface area contributed by atoms with Crippen molar-refractivity contribution in [1.29, 1.82) is 5.26 Å². The van der Waals surface area contributed by atoms with Crippen molar-refractivity contribution in [3.8, 4) is 22.9 Å². The van der Waals surface area contributed by atoms with Gasteiger partial charge in [0.1, 0.15) is 5.75 Å². The molecule has 0 aliphatic heterocycles. The minimum Gasteiger partial charge on any atom is -0.423 e. The third-order valence-electron chi connectivity index (χ3n) is 7.09. The van der Waals surface area contributed by atoms with Crippen molar-refractivity contribution in [2.24, 2.45) is 5.92 Å². The van der Waals surface area contributed by atoms with Gasteiger partial charge >= 0.3 is 5.97 Å². The van der Waals surface area contributed by atoms with Gasteiger partial charge in [-0.05, 0) is 90.6 Å². The summed E-state index contributed by atoms with van der Waals surface area (Å²) in [5, 5.41) is 8.87. The monoisotopic (exact) mass is 451 g/mol. The number of esters is 1. The van der Waals surface area contributed by atoms with Crippen molar-refractivity contribution >= 4 is 5.97 Å². The van der Waals surface area contributed by atoms with Gasteiger partial charge in [-0.15, -0.1) is 0 Å². The molecule has 3 aromatic carbocycles. The summed E-state index contributed by atoms with van der Waals surface area (Å²) in [4.78, 5) is 12.4. The predicted molar refractivity (Wildman–Crippen MR) is 137 cm³/mol. The Labute approximate surface area is 203 Å². The SMILES string of the molecule is CCCCCC1CCC(c2ccc(-c3ccc(C(=O)Oc4ccc(C#N)cc4)cc3)cc2)CC1. The zero-order valence-electron chi connectivity index (χ0n) is 20.0. The molecule has 1 aliphatic carbocycles. The van der Waals surface area contributed by atoms with Crippen molar-refractivity contribution in [3.63, 3.8) is 0 Å². The number of carbonyl (C=O) groups is 1. The molecular weight excluding hydrogens is 418 g/mol. The highest BCUT2D eigenvalue weighted by molar-refractivity contribution is 5.91. The molecule has 0 unspecified atom stereocenters. The Bertz CT molecular complexity index is 1100. The molecule has 3 aromatic rings. The fraction of sp³-hybridized carbons (Fsp3) is 0.355. The van der Waals surface area contributed by atoms with E-state index in [1.807, 2.05) is 12.1 Å². The number of nitriles is 1. The highest BCUT2D eigenvalue weighted by Gasteiger charge is 2.22. The summed E-state index contributed by atoms with van der Waals surface area (Å²) in [5.74, 6) is 1.65. The molecule has 3 nitrogen and oxygen atoms in total. The first-order valence-electron chi connectivity index (χ1n) is 12.6. The zero-order valence-corrected chi connectivity index (χ0v) is 20.0. The van der Waals surface area contributed by atoms with Crippen LogP contribution in [-0.2, 0) is 0 Å². The fourth-order valence-electron chi connectivity index (χ4n) is 4.98. The van der Waals surface area contributed by atoms with Gasteiger partial charge in [0.15, 0.2) is 0 Å². The minimum absolute atomic E-state index is 0.406. The summed E-state index contributed by atoms with van der Waals surface area (Å²) >= 11 is 0. The quantitative estimate of drug-likeness (QED) is 0.197. The van der Waals surface area contributed by atoms with Crippen molar-refractivity contribution in [3.05, 3.63) is 89.5 Å². The molecule has 34 heavy (non-hydrogen) atoms. The van der Waals surface area contributed by atoms with E-state index in [-0.39, 0.29) is 0 Å². The standard InChI is InChI=1S/C31H33NO2/c1-2-3-4-5-23-6-10-25(11-7-23)26-12-14-27(15-13-26)28-16-18-29(19-17-28)31(33)34-30-20-8-24(22-32)9-21-30/h8-9,12-21,23,25H,2-7,10-11H2,1H3. The van der Waals surface area contributed by atoms with E-state index in [9.17, 15) is 4.79 Å². The van der Waals surface area contributed by atoms with Crippen molar-refractivity contribution in [1.82, 2.24) is 0 Å². The van der Waals surface area contributed by atoms with Crippen LogP contribution in [0.1, 0.15) is 85.7 Å². The van der Waals surface area contributed by atoms with E-state index >= 15 is 0 Å². The Morgan fingerprint density at radius 2 is 1.47 bits per heavy atom. The number of rotatable bonds is 8. The summed E-state index contributed by atoms with van der Waals surface area (Å²) in [6, 6.07) is 25.1. The number of benzene rings is 3. The lowest BCUT2D eigenvalue weighted by atomic mass is 9.77. The number of nitrogens with zero attached hydrogens (tertiary/aromatic N) is 1. The molecule has 174 valence electrons. The number of unbranched alkanes of at least 4 members (excludes halogenated alkanes) is 2. The number of hydrogen-bond donors (Lipinski definition) is 0. The highest BCUT2D eigenvalue weighted by Crippen LogP contribution is 2.38. The van der Waals surface area contributed by atoms with Crippen LogP contribution in [0.5, 0.6) is 5.75 Å². The molecule has 0 saturated heterocycles. The molecule has 0 bridgehead atoms. The van der Waals surface area contributed by atoms with Gasteiger partial charge in [-0.1, -0.05) is 69.0 Å². The molecule has 0 N–H and O–H groups in total. The largest absolute Gasteiger partial charge is 0.423 e. The van der Waals surface area contributed by atoms with E-state index < -0.39 is 5.97 Å². The first kappa shape index (κ1) is 23.8. The van der Waals surface area contributed by atoms with Crippen LogP contribution >= 0.6 is 0 Å². The lowest BCUT2D eigenvalue weighted by molar-refractivity contribution is 0.0735. The average molecular weight is 452 g/mol. The van der Waals surface area contributed by atoms with E-state index in [1.165, 1.54) is 56.9 Å². The molecule has 1 saturated carbocycles. The lowest BCUT2D eigenvalue weighted by Gasteiger charge is -2.29. The van der Waals surface area contributed by atoms with Gasteiger partial charge in [0.2, 0.25) is 0 Å². The van der Waals surface area contributed by atoms with E-state index in [2.05, 4.69) is 37.3 Å². The van der Waals surface area contributed by atoms with Gasteiger partial charge in [0, 0.05) is 0 Å². The Kier molecular flexibility index (Phi) is 8.15. The first-order chi connectivity index (χ1) is 16.7. The Morgan fingerprint density at radius 1 is 0.853 bits per heavy atom. The van der Waals surface area contributed by atoms with Crippen LogP contribution < -0.4 is 4.74 Å². The molecule has 0 spiro atoms. The molecule has 0 atom stereocenters. The van der Waals surface area contributed by atoms with Gasteiger partial charge in [-0.25, -0.2) is 4.79 Å². The summed E-state index contributed by atoms with van der Waals surface area (Å²) in [7, 11) is 0. The first-order valence-corrected chi connectivity index (χ1v) is 12.6. The van der Waals surface area contributed by atoms with Crippen LogP contribution in [0.15, 0.2) is 72.8 Å². The molecule has 0 aromatic heterocycles. The van der Waals surface area contributed by atoms with Crippen LogP contribution in [0.25, 0.3) is 11.1 Å². The average Bonchev–Trinajstić information content (AvgIpc) is 2.90. The topological polar surface area (TPSA) is 50.1 Å². The summed E-state index contributed by atoms with van der Waals surface area (Å²) in [6.45, 7) is 2.28. The number of carbonyl (C=O) groups excluding carboxylic acids is 1. The Hall–Kier alpha value is -3.38. The van der Waals surface area contributed by atoms with Crippen LogP contribution in [0, 0.1) is 17.2 Å². The van der Waals surface area contributed by atoms with E-state index in [4.69, 9.17) is 10.00 Å². The summed E-state index contributed by atoms with van der Waals surface area (Å²) < 4.78 is 5.41. The van der Waals surface area contributed by atoms with Gasteiger partial charge < -0.3 is 4.74 Å². The van der Waals surface area contributed by atoms with Gasteiger partial charge in [0.25, 0.3) is 0 Å². The maximum absolute atomic E-state index is 12.4. The van der Waals surface area contributed by atoms with Crippen molar-refractivity contribution in [2.75, 3.05) is 0 Å². The van der Waals surface area contributed by atoms with Gasteiger partial charge in [-0.2, -0.15) is 5.26 Å². The van der Waals surface area contributed by atoms with Crippen LogP contribution in [0.2, 0.25) is 0 Å². The summed E-state index contributed by atoms with van der Waals surface area (Å²) in [5.41, 5.74) is 4.73. The maximum Gasteiger partial charge on any atom is 0.343 e. The second-order valence-electron chi connectivity index (χ2n) is 9.44. The summed E-state index contributed by atoms with van der Waals surface area (Å²) in [6.07, 6.45) is 10.9. The normalized spacial score (nSPS) is 17.6. The lowest BCUT2D eigenvalue weighted by Crippen LogP contribution is -2.13. The van der Waals surface area contributed by atoms with E-state index in [1.54, 1.807) is 36.4 Å². The molecule has 4 rings (SSSR count). The van der Waals surface area contributed by atoms with Gasteiger partial charge in [-0.3, -0.25) is 0 Å². The predicted octanol–water partition coefficient (Wildman–Crippen LogP) is 8.30. The van der Waals surface area contributed by atoms with Crippen molar-refractivity contribution in [2.45, 2.75) is 64.2 Å². The highest BCUT2D eigenvalue weighted by atomic mass is 16.5. The molecule has 0 amide bonds. The molecular formula is C31H33NO2. The molecule has 0 radical (unpaired) electrons. The Morgan fingerprint density at radius 3 is 2.06 bits per heavy atom. The number of ether oxygens (including phenoxy) is 1. The van der Waals surface area contributed by atoms with E-state index in [0.29, 0.717) is 22.8 Å². The molecule has 1 fully saturated rings. The molecule has 1 aliphatic rings. The van der Waals surface area contributed by atoms with Crippen LogP contribution in [0.4, 0.5) is 0 Å². The molecule has 0 heterocycles. The minimum atomic E-state index is -0.406. The zero-order chi connectivity index (χ0) is 23.8. The van der Waals surface area contributed by atoms with Gasteiger partial charge in [0.05, 0.1) is 17.2 Å². The smallest absolute Gasteiger partial charge is 0.343 e. The number of hydrogen-bond acceptors (Lipinski definition) is 3.